The van der Waals surface area contributed by atoms with Gasteiger partial charge in [-0.15, -0.1) is 0 Å². The maximum absolute atomic E-state index is 11.6. The van der Waals surface area contributed by atoms with Crippen molar-refractivity contribution in [1.29, 1.82) is 0 Å². The van der Waals surface area contributed by atoms with E-state index in [1.54, 1.807) is 0 Å². The van der Waals surface area contributed by atoms with E-state index in [1.807, 2.05) is 27.7 Å². The molecule has 7 heteroatoms. The van der Waals surface area contributed by atoms with Crippen LogP contribution in [0.15, 0.2) is 0 Å². The number of carboxylic acid groups (broad SMARTS) is 1. The molecule has 5 N–H and O–H groups in total. The summed E-state index contributed by atoms with van der Waals surface area (Å²) in [6, 6.07) is -2.10. The summed E-state index contributed by atoms with van der Waals surface area (Å²) in [6.07, 6.45) is -0.438. The Morgan fingerprint density at radius 1 is 1.22 bits per heavy atom. The lowest BCUT2D eigenvalue weighted by Gasteiger charge is -2.28. The first-order valence-corrected chi connectivity index (χ1v) is 5.62. The van der Waals surface area contributed by atoms with Crippen LogP contribution >= 0.6 is 0 Å². The van der Waals surface area contributed by atoms with Gasteiger partial charge in [-0.05, 0) is 12.3 Å². The summed E-state index contributed by atoms with van der Waals surface area (Å²) in [5, 5.41) is 13.6. The second-order valence-corrected chi connectivity index (χ2v) is 5.27. The van der Waals surface area contributed by atoms with Crippen molar-refractivity contribution in [3.8, 4) is 0 Å². The molecule has 0 aromatic rings. The molecular weight excluding hydrogens is 238 g/mol. The van der Waals surface area contributed by atoms with Crippen molar-refractivity contribution in [1.82, 2.24) is 10.6 Å². The number of urea groups is 1. The third-order valence-electron chi connectivity index (χ3n) is 2.66. The Balaban J connectivity index is 4.44. The van der Waals surface area contributed by atoms with E-state index < -0.39 is 30.4 Å². The first-order valence-electron chi connectivity index (χ1n) is 5.62. The number of aliphatic carboxylic acids is 1. The molecule has 0 aliphatic rings. The maximum atomic E-state index is 11.6. The van der Waals surface area contributed by atoms with Crippen LogP contribution in [0, 0.1) is 5.41 Å². The van der Waals surface area contributed by atoms with Crippen LogP contribution in [0.4, 0.5) is 4.79 Å². The molecule has 0 rings (SSSR count). The van der Waals surface area contributed by atoms with Gasteiger partial charge >= 0.3 is 12.0 Å². The van der Waals surface area contributed by atoms with Gasteiger partial charge in [0.05, 0.1) is 6.42 Å². The zero-order valence-corrected chi connectivity index (χ0v) is 11.1. The topological polar surface area (TPSA) is 122 Å². The Labute approximate surface area is 106 Å². The van der Waals surface area contributed by atoms with Crippen LogP contribution < -0.4 is 16.4 Å². The second kappa shape index (κ2) is 6.23. The van der Waals surface area contributed by atoms with Crippen LogP contribution in [-0.4, -0.2) is 35.1 Å². The molecule has 2 atom stereocenters. The van der Waals surface area contributed by atoms with E-state index >= 15 is 0 Å². The van der Waals surface area contributed by atoms with Crippen molar-refractivity contribution in [2.24, 2.45) is 11.1 Å². The Morgan fingerprint density at radius 3 is 2.06 bits per heavy atom. The third-order valence-corrected chi connectivity index (χ3v) is 2.66. The molecule has 7 nitrogen and oxygen atoms in total. The van der Waals surface area contributed by atoms with E-state index in [-0.39, 0.29) is 11.5 Å². The van der Waals surface area contributed by atoms with Crippen LogP contribution in [0.3, 0.4) is 0 Å². The minimum absolute atomic E-state index is 0.152. The number of nitrogens with two attached hydrogens (primary N) is 1. The van der Waals surface area contributed by atoms with Crippen LogP contribution in [0.25, 0.3) is 0 Å². The van der Waals surface area contributed by atoms with Gasteiger partial charge in [0, 0.05) is 6.04 Å². The molecule has 0 aromatic heterocycles. The number of nitrogens with one attached hydrogen (secondary N) is 2. The Bertz CT molecular complexity index is 336. The molecular formula is C11H21N3O4. The van der Waals surface area contributed by atoms with Crippen molar-refractivity contribution < 1.29 is 19.5 Å². The van der Waals surface area contributed by atoms with Crippen LogP contribution in [0.2, 0.25) is 0 Å². The highest BCUT2D eigenvalue weighted by molar-refractivity contribution is 5.87. The second-order valence-electron chi connectivity index (χ2n) is 5.27. The highest BCUT2D eigenvalue weighted by Gasteiger charge is 2.25. The molecule has 3 amide bonds. The number of hydrogen-bond acceptors (Lipinski definition) is 3. The summed E-state index contributed by atoms with van der Waals surface area (Å²) < 4.78 is 0. The van der Waals surface area contributed by atoms with Gasteiger partial charge in [0.2, 0.25) is 5.91 Å². The summed E-state index contributed by atoms with van der Waals surface area (Å²) >= 11 is 0. The minimum Gasteiger partial charge on any atom is -0.480 e. The average Bonchev–Trinajstić information content (AvgIpc) is 2.13. The van der Waals surface area contributed by atoms with Gasteiger partial charge in [-0.1, -0.05) is 20.8 Å². The molecule has 0 aliphatic heterocycles. The SMILES string of the molecule is CC(NC(=O)N[C@H](CC(N)=O)C(=O)O)C(C)(C)C. The predicted octanol–water partition coefficient (Wildman–Crippen LogP) is 0.0488. The van der Waals surface area contributed by atoms with Gasteiger partial charge in [-0.25, -0.2) is 9.59 Å². The molecule has 0 radical (unpaired) electrons. The normalized spacial score (nSPS) is 14.4. The zero-order chi connectivity index (χ0) is 14.5. The van der Waals surface area contributed by atoms with Crippen molar-refractivity contribution in [2.75, 3.05) is 0 Å². The van der Waals surface area contributed by atoms with E-state index in [0.29, 0.717) is 0 Å². The summed E-state index contributed by atoms with van der Waals surface area (Å²) in [5.74, 6) is -2.08. The Hall–Kier alpha value is -1.79. The minimum atomic E-state index is -1.31. The van der Waals surface area contributed by atoms with Crippen LogP contribution in [0.5, 0.6) is 0 Å². The molecule has 0 aromatic carbocycles. The summed E-state index contributed by atoms with van der Waals surface area (Å²) in [4.78, 5) is 33.0. The van der Waals surface area contributed by atoms with Crippen molar-refractivity contribution in [3.05, 3.63) is 0 Å². The molecule has 104 valence electrons. The molecule has 1 unspecified atom stereocenters. The third kappa shape index (κ3) is 6.07. The van der Waals surface area contributed by atoms with Crippen LogP contribution in [-0.2, 0) is 9.59 Å². The van der Waals surface area contributed by atoms with E-state index in [1.165, 1.54) is 0 Å². The first-order chi connectivity index (χ1) is 8.04. The standard InChI is InChI=1S/C11H21N3O4/c1-6(11(2,3)4)13-10(18)14-7(9(16)17)5-8(12)15/h6-7H,5H2,1-4H3,(H2,12,15)(H,16,17)(H2,13,14,18)/t6?,7-/m1/s1. The highest BCUT2D eigenvalue weighted by Crippen LogP contribution is 2.18. The number of carbonyl (C=O) groups is 3. The molecule has 0 saturated heterocycles. The number of amides is 3. The fraction of sp³-hybridized carbons (Fsp3) is 0.727. The predicted molar refractivity (Wildman–Crippen MR) is 65.8 cm³/mol. The van der Waals surface area contributed by atoms with Crippen molar-refractivity contribution in [2.45, 2.75) is 46.2 Å². The van der Waals surface area contributed by atoms with E-state index in [2.05, 4.69) is 10.6 Å². The molecule has 0 aliphatic carbocycles. The summed E-state index contributed by atoms with van der Waals surface area (Å²) in [5.41, 5.74) is 4.75. The molecule has 0 spiro atoms. The Morgan fingerprint density at radius 2 is 1.72 bits per heavy atom. The lowest BCUT2D eigenvalue weighted by molar-refractivity contribution is -0.140. The monoisotopic (exact) mass is 259 g/mol. The largest absolute Gasteiger partial charge is 0.480 e. The smallest absolute Gasteiger partial charge is 0.326 e. The van der Waals surface area contributed by atoms with Gasteiger partial charge in [-0.3, -0.25) is 4.79 Å². The van der Waals surface area contributed by atoms with Gasteiger partial charge in [-0.2, -0.15) is 0 Å². The van der Waals surface area contributed by atoms with Gasteiger partial charge < -0.3 is 21.5 Å². The number of carbonyl (C=O) groups excluding carboxylic acids is 2. The summed E-state index contributed by atoms with van der Waals surface area (Å²) in [6.45, 7) is 7.63. The first kappa shape index (κ1) is 16.2. The van der Waals surface area contributed by atoms with E-state index in [0.717, 1.165) is 0 Å². The fourth-order valence-electron chi connectivity index (χ4n) is 1.01. The number of hydrogen-bond donors (Lipinski definition) is 4. The van der Waals surface area contributed by atoms with Crippen molar-refractivity contribution >= 4 is 17.9 Å². The number of carboxylic acids is 1. The quantitative estimate of drug-likeness (QED) is 0.557. The average molecular weight is 259 g/mol. The fourth-order valence-corrected chi connectivity index (χ4v) is 1.01. The number of rotatable bonds is 5. The Kier molecular flexibility index (Phi) is 5.61. The van der Waals surface area contributed by atoms with E-state index in [9.17, 15) is 14.4 Å². The molecule has 0 heterocycles. The lowest BCUT2D eigenvalue weighted by Crippen LogP contribution is -2.52. The highest BCUT2D eigenvalue weighted by atomic mass is 16.4. The summed E-state index contributed by atoms with van der Waals surface area (Å²) in [7, 11) is 0. The molecule has 0 fully saturated rings. The van der Waals surface area contributed by atoms with Crippen LogP contribution in [0.1, 0.15) is 34.1 Å². The number of primary amides is 1. The molecule has 0 bridgehead atoms. The van der Waals surface area contributed by atoms with Gasteiger partial charge in [0.1, 0.15) is 6.04 Å². The molecule has 18 heavy (non-hydrogen) atoms. The maximum Gasteiger partial charge on any atom is 0.326 e. The lowest BCUT2D eigenvalue weighted by atomic mass is 9.88. The van der Waals surface area contributed by atoms with Crippen molar-refractivity contribution in [3.63, 3.8) is 0 Å². The molecule has 0 saturated carbocycles. The zero-order valence-electron chi connectivity index (χ0n) is 11.1. The van der Waals surface area contributed by atoms with Gasteiger partial charge in [0.15, 0.2) is 0 Å². The van der Waals surface area contributed by atoms with E-state index in [4.69, 9.17) is 10.8 Å². The van der Waals surface area contributed by atoms with Gasteiger partial charge in [0.25, 0.3) is 0 Å².